The zero-order valence-electron chi connectivity index (χ0n) is 17.6. The number of rotatable bonds is 5. The summed E-state index contributed by atoms with van der Waals surface area (Å²) in [6, 6.07) is 22.8. The number of hydrogen-bond donors (Lipinski definition) is 1. The van der Waals surface area contributed by atoms with E-state index in [1.165, 1.54) is 11.8 Å². The Labute approximate surface area is 187 Å². The predicted molar refractivity (Wildman–Crippen MR) is 130 cm³/mol. The number of aliphatic imine (C=N–C) groups is 1. The maximum absolute atomic E-state index is 13.5. The summed E-state index contributed by atoms with van der Waals surface area (Å²) < 4.78 is 0. The number of thioether (sulfide) groups is 1. The Balaban J connectivity index is 1.83. The molecule has 0 aliphatic carbocycles. The topological polar surface area (TPSA) is 52.9 Å². The highest BCUT2D eigenvalue weighted by Gasteiger charge is 2.35. The number of phenolic OH excluding ortho intramolecular Hbond substituents is 1. The molecule has 0 aromatic heterocycles. The number of aryl methyl sites for hydroxylation is 2. The highest BCUT2D eigenvalue weighted by Crippen LogP contribution is 2.39. The molecule has 1 fully saturated rings. The van der Waals surface area contributed by atoms with Crippen molar-refractivity contribution in [3.8, 4) is 5.75 Å². The van der Waals surface area contributed by atoms with Crippen LogP contribution in [0.3, 0.4) is 0 Å². The first-order valence-corrected chi connectivity index (χ1v) is 11.2. The molecule has 1 N–H and O–H groups in total. The summed E-state index contributed by atoms with van der Waals surface area (Å²) in [5.41, 5.74) is 4.84. The number of anilines is 1. The van der Waals surface area contributed by atoms with Gasteiger partial charge in [0.15, 0.2) is 5.17 Å². The van der Waals surface area contributed by atoms with Gasteiger partial charge in [-0.25, -0.2) is 4.99 Å². The minimum atomic E-state index is -0.0910. The van der Waals surface area contributed by atoms with Gasteiger partial charge in [-0.3, -0.25) is 9.69 Å². The van der Waals surface area contributed by atoms with Crippen molar-refractivity contribution in [1.29, 1.82) is 0 Å². The lowest BCUT2D eigenvalue weighted by molar-refractivity contribution is -0.113. The highest BCUT2D eigenvalue weighted by molar-refractivity contribution is 8.19. The van der Waals surface area contributed by atoms with Crippen LogP contribution in [0.25, 0.3) is 6.08 Å². The van der Waals surface area contributed by atoms with Gasteiger partial charge < -0.3 is 5.11 Å². The minimum Gasteiger partial charge on any atom is -0.508 e. The fourth-order valence-corrected chi connectivity index (χ4v) is 4.52. The molecule has 0 saturated carbocycles. The van der Waals surface area contributed by atoms with E-state index in [4.69, 9.17) is 4.99 Å². The van der Waals surface area contributed by atoms with Crippen molar-refractivity contribution >= 4 is 40.3 Å². The first kappa shape index (κ1) is 20.9. The second-order valence-corrected chi connectivity index (χ2v) is 8.21. The number of aromatic hydroxyl groups is 1. The van der Waals surface area contributed by atoms with Crippen molar-refractivity contribution in [2.24, 2.45) is 4.99 Å². The summed E-state index contributed by atoms with van der Waals surface area (Å²) in [4.78, 5) is 20.8. The number of para-hydroxylation sites is 2. The van der Waals surface area contributed by atoms with Crippen molar-refractivity contribution in [3.05, 3.63) is 94.4 Å². The van der Waals surface area contributed by atoms with E-state index < -0.39 is 0 Å². The normalized spacial score (nSPS) is 16.5. The number of hydrogen-bond acceptors (Lipinski definition) is 4. The predicted octanol–water partition coefficient (Wildman–Crippen LogP) is 6.33. The molecule has 0 unspecified atom stereocenters. The molecule has 0 radical (unpaired) electrons. The summed E-state index contributed by atoms with van der Waals surface area (Å²) in [5, 5.41) is 10.2. The fourth-order valence-electron chi connectivity index (χ4n) is 3.53. The maximum atomic E-state index is 13.5. The van der Waals surface area contributed by atoms with Gasteiger partial charge in [0.2, 0.25) is 0 Å². The van der Waals surface area contributed by atoms with Crippen molar-refractivity contribution in [2.75, 3.05) is 4.90 Å². The summed E-state index contributed by atoms with van der Waals surface area (Å²) in [6.07, 6.45) is 3.54. The lowest BCUT2D eigenvalue weighted by Crippen LogP contribution is -2.29. The van der Waals surface area contributed by atoms with Crippen LogP contribution in [0.1, 0.15) is 30.5 Å². The summed E-state index contributed by atoms with van der Waals surface area (Å²) in [5.74, 6) is 0.108. The van der Waals surface area contributed by atoms with E-state index in [1.807, 2.05) is 48.5 Å². The molecule has 5 heteroatoms. The van der Waals surface area contributed by atoms with Crippen LogP contribution in [-0.4, -0.2) is 16.2 Å². The molecule has 1 amide bonds. The summed E-state index contributed by atoms with van der Waals surface area (Å²) in [6.45, 7) is 4.19. The highest BCUT2D eigenvalue weighted by atomic mass is 32.2. The molecule has 1 aliphatic heterocycles. The number of amidine groups is 1. The molecule has 1 saturated heterocycles. The second kappa shape index (κ2) is 9.23. The molecule has 0 atom stereocenters. The molecule has 1 heterocycles. The maximum Gasteiger partial charge on any atom is 0.271 e. The molecule has 156 valence electrons. The third-order valence-corrected chi connectivity index (χ3v) is 6.17. The van der Waals surface area contributed by atoms with E-state index in [2.05, 4.69) is 19.9 Å². The van der Waals surface area contributed by atoms with Gasteiger partial charge in [-0.1, -0.05) is 62.4 Å². The van der Waals surface area contributed by atoms with Gasteiger partial charge in [0.05, 0.1) is 16.3 Å². The quantitative estimate of drug-likeness (QED) is 0.484. The van der Waals surface area contributed by atoms with Gasteiger partial charge in [-0.2, -0.15) is 0 Å². The van der Waals surface area contributed by atoms with Gasteiger partial charge >= 0.3 is 0 Å². The Morgan fingerprint density at radius 2 is 1.55 bits per heavy atom. The molecule has 0 bridgehead atoms. The van der Waals surface area contributed by atoms with Crippen LogP contribution in [0.15, 0.2) is 82.7 Å². The third kappa shape index (κ3) is 4.42. The summed E-state index contributed by atoms with van der Waals surface area (Å²) in [7, 11) is 0. The largest absolute Gasteiger partial charge is 0.508 e. The molecule has 31 heavy (non-hydrogen) atoms. The zero-order valence-corrected chi connectivity index (χ0v) is 18.4. The summed E-state index contributed by atoms with van der Waals surface area (Å²) >= 11 is 1.38. The van der Waals surface area contributed by atoms with E-state index in [1.54, 1.807) is 29.2 Å². The number of nitrogens with zero attached hydrogens (tertiary/aromatic N) is 2. The first-order chi connectivity index (χ1) is 15.1. The molecular weight excluding hydrogens is 404 g/mol. The monoisotopic (exact) mass is 428 g/mol. The lowest BCUT2D eigenvalue weighted by atomic mass is 10.1. The van der Waals surface area contributed by atoms with Crippen molar-refractivity contribution in [3.63, 3.8) is 0 Å². The van der Waals surface area contributed by atoms with E-state index in [0.29, 0.717) is 10.1 Å². The first-order valence-electron chi connectivity index (χ1n) is 10.4. The Morgan fingerprint density at radius 3 is 2.26 bits per heavy atom. The van der Waals surface area contributed by atoms with Gasteiger partial charge in [0.25, 0.3) is 5.91 Å². The molecule has 3 aromatic carbocycles. The molecule has 4 rings (SSSR count). The minimum absolute atomic E-state index is 0.0910. The van der Waals surface area contributed by atoms with Crippen LogP contribution in [0.4, 0.5) is 11.4 Å². The van der Waals surface area contributed by atoms with E-state index in [0.717, 1.165) is 40.9 Å². The van der Waals surface area contributed by atoms with Gasteiger partial charge in [0, 0.05) is 0 Å². The Hall–Kier alpha value is -3.31. The van der Waals surface area contributed by atoms with Crippen LogP contribution in [0.2, 0.25) is 0 Å². The number of carbonyl (C=O) groups excluding carboxylic acids is 1. The Morgan fingerprint density at radius 1 is 0.903 bits per heavy atom. The van der Waals surface area contributed by atoms with Crippen LogP contribution >= 0.6 is 11.8 Å². The van der Waals surface area contributed by atoms with Crippen LogP contribution in [-0.2, 0) is 17.6 Å². The Bertz CT molecular complexity index is 1170. The number of carbonyl (C=O) groups is 1. The number of phenols is 1. The third-order valence-electron chi connectivity index (χ3n) is 5.20. The number of amides is 1. The van der Waals surface area contributed by atoms with Gasteiger partial charge in [0.1, 0.15) is 5.75 Å². The molecule has 4 nitrogen and oxygen atoms in total. The Kier molecular flexibility index (Phi) is 6.23. The smallest absolute Gasteiger partial charge is 0.271 e. The van der Waals surface area contributed by atoms with E-state index in [-0.39, 0.29) is 11.7 Å². The van der Waals surface area contributed by atoms with Crippen molar-refractivity contribution in [2.45, 2.75) is 26.7 Å². The molecule has 0 spiro atoms. The van der Waals surface area contributed by atoms with E-state index >= 15 is 0 Å². The lowest BCUT2D eigenvalue weighted by Gasteiger charge is -2.19. The van der Waals surface area contributed by atoms with Gasteiger partial charge in [-0.15, -0.1) is 0 Å². The second-order valence-electron chi connectivity index (χ2n) is 7.20. The number of benzene rings is 3. The molecule has 3 aromatic rings. The fraction of sp³-hybridized carbons (Fsp3) is 0.154. The van der Waals surface area contributed by atoms with Crippen LogP contribution < -0.4 is 4.90 Å². The van der Waals surface area contributed by atoms with Gasteiger partial charge in [-0.05, 0) is 71.6 Å². The average Bonchev–Trinajstić information content (AvgIpc) is 3.10. The van der Waals surface area contributed by atoms with Crippen LogP contribution in [0, 0.1) is 0 Å². The van der Waals surface area contributed by atoms with Crippen LogP contribution in [0.5, 0.6) is 5.75 Å². The van der Waals surface area contributed by atoms with E-state index in [9.17, 15) is 9.90 Å². The zero-order chi connectivity index (χ0) is 21.8. The average molecular weight is 429 g/mol. The SMILES string of the molecule is CCc1ccccc1N=C1S/C(=C/c2ccc(O)cc2)C(=O)N1c1ccccc1CC. The van der Waals surface area contributed by atoms with Crippen molar-refractivity contribution in [1.82, 2.24) is 0 Å². The standard InChI is InChI=1S/C26H24N2O2S/c1-3-19-9-5-7-11-22(19)27-26-28(23-12-8-6-10-20(23)4-2)25(30)24(31-26)17-18-13-15-21(29)16-14-18/h5-17,29H,3-4H2,1-2H3/b24-17+,27-26?. The molecule has 1 aliphatic rings. The van der Waals surface area contributed by atoms with Crippen molar-refractivity contribution < 1.29 is 9.90 Å². The molecular formula is C26H24N2O2S.